The summed E-state index contributed by atoms with van der Waals surface area (Å²) in [7, 11) is 0. The van der Waals surface area contributed by atoms with Crippen LogP contribution in [-0.4, -0.2) is 37.5 Å². The van der Waals surface area contributed by atoms with E-state index in [1.54, 1.807) is 29.9 Å². The predicted octanol–water partition coefficient (Wildman–Crippen LogP) is 2.88. The fourth-order valence-electron chi connectivity index (χ4n) is 3.04. The van der Waals surface area contributed by atoms with E-state index in [1.165, 1.54) is 0 Å². The maximum atomic E-state index is 12.7. The van der Waals surface area contributed by atoms with Crippen molar-refractivity contribution in [3.63, 3.8) is 0 Å². The highest BCUT2D eigenvalue weighted by molar-refractivity contribution is 7.10. The van der Waals surface area contributed by atoms with Gasteiger partial charge in [0, 0.05) is 23.8 Å². The Kier molecular flexibility index (Phi) is 4.51. The maximum Gasteiger partial charge on any atom is 0.249 e. The fraction of sp³-hybridized carbons (Fsp3) is 0.353. The minimum atomic E-state index is -0.167. The van der Waals surface area contributed by atoms with Gasteiger partial charge >= 0.3 is 0 Å². The maximum absolute atomic E-state index is 12.7. The number of hydrogen-bond acceptors (Lipinski definition) is 7. The molecule has 25 heavy (non-hydrogen) atoms. The second kappa shape index (κ2) is 7.10. The molecule has 0 aliphatic carbocycles. The van der Waals surface area contributed by atoms with E-state index in [9.17, 15) is 4.79 Å². The summed E-state index contributed by atoms with van der Waals surface area (Å²) in [5, 5.41) is 5.99. The topological polar surface area (TPSA) is 85.0 Å². The van der Waals surface area contributed by atoms with Crippen molar-refractivity contribution in [2.75, 3.05) is 6.54 Å². The molecule has 0 spiro atoms. The Morgan fingerprint density at radius 1 is 1.36 bits per heavy atom. The molecule has 1 aliphatic rings. The van der Waals surface area contributed by atoms with Crippen molar-refractivity contribution in [1.29, 1.82) is 0 Å². The Labute approximate surface area is 148 Å². The van der Waals surface area contributed by atoms with Crippen molar-refractivity contribution >= 4 is 17.2 Å². The third kappa shape index (κ3) is 3.43. The van der Waals surface area contributed by atoms with E-state index in [0.717, 1.165) is 30.7 Å². The smallest absolute Gasteiger partial charge is 0.249 e. The fourth-order valence-corrected chi connectivity index (χ4v) is 3.74. The van der Waals surface area contributed by atoms with Crippen molar-refractivity contribution < 1.29 is 9.32 Å². The molecule has 0 aromatic carbocycles. The summed E-state index contributed by atoms with van der Waals surface area (Å²) < 4.78 is 5.45. The first-order chi connectivity index (χ1) is 12.3. The average Bonchev–Trinajstić information content (AvgIpc) is 3.34. The van der Waals surface area contributed by atoms with Gasteiger partial charge in [0.05, 0.1) is 12.6 Å². The molecule has 1 atom stereocenters. The van der Waals surface area contributed by atoms with E-state index in [-0.39, 0.29) is 11.9 Å². The monoisotopic (exact) mass is 355 g/mol. The average molecular weight is 355 g/mol. The van der Waals surface area contributed by atoms with Crippen molar-refractivity contribution in [3.05, 3.63) is 46.9 Å². The molecule has 1 unspecified atom stereocenters. The first-order valence-corrected chi connectivity index (χ1v) is 9.11. The molecule has 1 saturated heterocycles. The molecule has 4 rings (SSSR count). The summed E-state index contributed by atoms with van der Waals surface area (Å²) in [5.74, 6) is 0.977. The van der Waals surface area contributed by atoms with Gasteiger partial charge in [-0.15, -0.1) is 11.3 Å². The van der Waals surface area contributed by atoms with Crippen LogP contribution in [0.5, 0.6) is 0 Å². The van der Waals surface area contributed by atoms with E-state index < -0.39 is 0 Å². The molecule has 0 bridgehead atoms. The second-order valence-corrected chi connectivity index (χ2v) is 6.93. The van der Waals surface area contributed by atoms with Gasteiger partial charge in [0.2, 0.25) is 17.6 Å². The van der Waals surface area contributed by atoms with Crippen molar-refractivity contribution in [2.45, 2.75) is 31.7 Å². The van der Waals surface area contributed by atoms with Crippen LogP contribution in [0.15, 0.2) is 40.6 Å². The number of nitrogens with zero attached hydrogens (tertiary/aromatic N) is 5. The lowest BCUT2D eigenvalue weighted by molar-refractivity contribution is -0.134. The Morgan fingerprint density at radius 2 is 2.32 bits per heavy atom. The lowest BCUT2D eigenvalue weighted by Gasteiger charge is -2.33. The molecular formula is C17H17N5O2S. The van der Waals surface area contributed by atoms with Crippen molar-refractivity contribution in [1.82, 2.24) is 25.0 Å². The van der Waals surface area contributed by atoms with Gasteiger partial charge in [-0.2, -0.15) is 4.98 Å². The first-order valence-electron chi connectivity index (χ1n) is 8.23. The van der Waals surface area contributed by atoms with Gasteiger partial charge in [0.1, 0.15) is 11.7 Å². The quantitative estimate of drug-likeness (QED) is 0.715. The molecule has 7 nitrogen and oxygen atoms in total. The Balaban J connectivity index is 1.55. The summed E-state index contributed by atoms with van der Waals surface area (Å²) in [4.78, 5) is 28.4. The zero-order chi connectivity index (χ0) is 17.1. The minimum Gasteiger partial charge on any atom is -0.337 e. The van der Waals surface area contributed by atoms with Crippen LogP contribution in [0, 0.1) is 0 Å². The summed E-state index contributed by atoms with van der Waals surface area (Å²) in [6, 6.07) is 3.78. The summed E-state index contributed by atoms with van der Waals surface area (Å²) >= 11 is 1.60. The number of hydrogen-bond donors (Lipinski definition) is 0. The van der Waals surface area contributed by atoms with E-state index in [0.29, 0.717) is 23.8 Å². The van der Waals surface area contributed by atoms with E-state index in [2.05, 4.69) is 20.1 Å². The minimum absolute atomic E-state index is 0.103. The van der Waals surface area contributed by atoms with Crippen LogP contribution in [0.25, 0.3) is 11.5 Å². The number of aromatic nitrogens is 4. The molecule has 1 amide bonds. The Bertz CT molecular complexity index is 834. The third-order valence-corrected chi connectivity index (χ3v) is 5.12. The molecule has 8 heteroatoms. The van der Waals surface area contributed by atoms with Crippen LogP contribution < -0.4 is 0 Å². The number of likely N-dealkylation sites (tertiary alicyclic amines) is 1. The molecule has 0 saturated carbocycles. The van der Waals surface area contributed by atoms with Crippen LogP contribution in [0.2, 0.25) is 0 Å². The molecule has 3 aromatic heterocycles. The Morgan fingerprint density at radius 3 is 3.12 bits per heavy atom. The largest absolute Gasteiger partial charge is 0.337 e. The zero-order valence-corrected chi connectivity index (χ0v) is 14.4. The summed E-state index contributed by atoms with van der Waals surface area (Å²) in [6.07, 6.45) is 8.06. The van der Waals surface area contributed by atoms with Gasteiger partial charge in [-0.1, -0.05) is 11.2 Å². The van der Waals surface area contributed by atoms with Crippen molar-refractivity contribution in [3.8, 4) is 11.5 Å². The SMILES string of the molecule is O=C(Cc1cccs1)N1CCCCC1c1nc(-c2cnccn2)no1. The van der Waals surface area contributed by atoms with Crippen LogP contribution in [-0.2, 0) is 11.2 Å². The van der Waals surface area contributed by atoms with E-state index in [4.69, 9.17) is 4.52 Å². The lowest BCUT2D eigenvalue weighted by atomic mass is 10.0. The third-order valence-electron chi connectivity index (χ3n) is 4.25. The number of piperidine rings is 1. The normalized spacial score (nSPS) is 17.6. The highest BCUT2D eigenvalue weighted by Crippen LogP contribution is 2.31. The highest BCUT2D eigenvalue weighted by atomic mass is 32.1. The molecule has 1 aliphatic heterocycles. The van der Waals surface area contributed by atoms with Gasteiger partial charge in [-0.05, 0) is 30.7 Å². The van der Waals surface area contributed by atoms with Crippen LogP contribution in [0.1, 0.15) is 36.1 Å². The van der Waals surface area contributed by atoms with Gasteiger partial charge in [-0.25, -0.2) is 4.98 Å². The number of carbonyl (C=O) groups excluding carboxylic acids is 1. The van der Waals surface area contributed by atoms with Crippen LogP contribution in [0.3, 0.4) is 0 Å². The molecule has 3 aromatic rings. The number of carbonyl (C=O) groups is 1. The number of thiophene rings is 1. The van der Waals surface area contributed by atoms with Crippen LogP contribution >= 0.6 is 11.3 Å². The zero-order valence-electron chi connectivity index (χ0n) is 13.5. The standard InChI is InChI=1S/C17H17N5O2S/c23-15(10-12-4-3-9-25-12)22-8-2-1-5-14(22)17-20-16(21-24-17)13-11-18-6-7-19-13/h3-4,6-7,9,11,14H,1-2,5,8,10H2. The summed E-state index contributed by atoms with van der Waals surface area (Å²) in [6.45, 7) is 0.720. The van der Waals surface area contributed by atoms with E-state index >= 15 is 0 Å². The van der Waals surface area contributed by atoms with Gasteiger partial charge in [0.15, 0.2) is 0 Å². The molecule has 1 fully saturated rings. The van der Waals surface area contributed by atoms with Gasteiger partial charge < -0.3 is 9.42 Å². The van der Waals surface area contributed by atoms with Gasteiger partial charge in [0.25, 0.3) is 0 Å². The van der Waals surface area contributed by atoms with Crippen LogP contribution in [0.4, 0.5) is 0 Å². The molecule has 4 heterocycles. The molecule has 0 radical (unpaired) electrons. The molecular weight excluding hydrogens is 338 g/mol. The van der Waals surface area contributed by atoms with Crippen molar-refractivity contribution in [2.24, 2.45) is 0 Å². The number of amides is 1. The predicted molar refractivity (Wildman–Crippen MR) is 91.7 cm³/mol. The van der Waals surface area contributed by atoms with Gasteiger partial charge in [-0.3, -0.25) is 9.78 Å². The highest BCUT2D eigenvalue weighted by Gasteiger charge is 2.32. The van der Waals surface area contributed by atoms with E-state index in [1.807, 2.05) is 22.4 Å². The molecule has 128 valence electrons. The summed E-state index contributed by atoms with van der Waals surface area (Å²) in [5.41, 5.74) is 0.560. The molecule has 0 N–H and O–H groups in total. The first kappa shape index (κ1) is 15.9. The second-order valence-electron chi connectivity index (χ2n) is 5.90. The number of rotatable bonds is 4. The lowest BCUT2D eigenvalue weighted by Crippen LogP contribution is -2.39. The Hall–Kier alpha value is -2.61.